The minimum Gasteiger partial charge on any atom is -0.353 e. The number of amides is 1. The number of thioether (sulfide) groups is 1. The molecule has 7 heteroatoms. The number of nitrogens with one attached hydrogen (secondary N) is 2. The summed E-state index contributed by atoms with van der Waals surface area (Å²) in [6.45, 7) is 9.88. The van der Waals surface area contributed by atoms with Crippen LogP contribution in [0.15, 0.2) is 34.2 Å². The van der Waals surface area contributed by atoms with Crippen molar-refractivity contribution < 1.29 is 4.79 Å². The van der Waals surface area contributed by atoms with Gasteiger partial charge in [0.2, 0.25) is 5.91 Å². The van der Waals surface area contributed by atoms with Crippen LogP contribution in [0, 0.1) is 20.8 Å². The number of carbonyl (C=O) groups is 1. The van der Waals surface area contributed by atoms with E-state index >= 15 is 0 Å². The molecule has 2 aromatic heterocycles. The highest BCUT2D eigenvalue weighted by molar-refractivity contribution is 7.99. The SMILES string of the molecule is CC[C@@H](C)n1c(SCC(=O)Nc2cc(C)ccc2C)nc2cc(C)[nH]c2c1=O. The van der Waals surface area contributed by atoms with Gasteiger partial charge in [-0.2, -0.15) is 0 Å². The predicted octanol–water partition coefficient (Wildman–Crippen LogP) is 4.35. The van der Waals surface area contributed by atoms with Gasteiger partial charge in [-0.05, 0) is 57.4 Å². The summed E-state index contributed by atoms with van der Waals surface area (Å²) in [5.41, 5.74) is 4.88. The van der Waals surface area contributed by atoms with Gasteiger partial charge in [-0.25, -0.2) is 4.98 Å². The quantitative estimate of drug-likeness (QED) is 0.478. The lowest BCUT2D eigenvalue weighted by Crippen LogP contribution is -2.26. The molecular formula is C21H26N4O2S. The number of fused-ring (bicyclic) bond motifs is 1. The van der Waals surface area contributed by atoms with Crippen LogP contribution < -0.4 is 10.9 Å². The summed E-state index contributed by atoms with van der Waals surface area (Å²) in [6, 6.07) is 7.82. The van der Waals surface area contributed by atoms with Crippen LogP contribution in [0.5, 0.6) is 0 Å². The number of H-pyrrole nitrogens is 1. The molecule has 0 unspecified atom stereocenters. The van der Waals surface area contributed by atoms with E-state index in [1.807, 2.05) is 58.9 Å². The van der Waals surface area contributed by atoms with E-state index in [0.717, 1.165) is 28.9 Å². The van der Waals surface area contributed by atoms with E-state index in [1.54, 1.807) is 4.57 Å². The molecule has 1 atom stereocenters. The Morgan fingerprint density at radius 3 is 2.75 bits per heavy atom. The summed E-state index contributed by atoms with van der Waals surface area (Å²) in [7, 11) is 0. The summed E-state index contributed by atoms with van der Waals surface area (Å²) in [4.78, 5) is 33.2. The molecule has 0 saturated heterocycles. The maximum Gasteiger partial charge on any atom is 0.278 e. The molecule has 0 radical (unpaired) electrons. The number of anilines is 1. The lowest BCUT2D eigenvalue weighted by atomic mass is 10.1. The fourth-order valence-corrected chi connectivity index (χ4v) is 3.95. The number of benzene rings is 1. The minimum atomic E-state index is -0.117. The highest BCUT2D eigenvalue weighted by atomic mass is 32.2. The number of hydrogen-bond donors (Lipinski definition) is 2. The molecule has 3 rings (SSSR count). The second kappa shape index (κ2) is 8.22. The van der Waals surface area contributed by atoms with Crippen LogP contribution in [0.3, 0.4) is 0 Å². The molecule has 2 N–H and O–H groups in total. The topological polar surface area (TPSA) is 79.8 Å². The van der Waals surface area contributed by atoms with Crippen molar-refractivity contribution in [3.05, 3.63) is 51.4 Å². The van der Waals surface area contributed by atoms with Gasteiger partial charge in [-0.15, -0.1) is 0 Å². The van der Waals surface area contributed by atoms with Crippen molar-refractivity contribution in [1.82, 2.24) is 14.5 Å². The van der Waals surface area contributed by atoms with Gasteiger partial charge in [0, 0.05) is 17.4 Å². The Morgan fingerprint density at radius 1 is 1.29 bits per heavy atom. The van der Waals surface area contributed by atoms with E-state index in [2.05, 4.69) is 15.3 Å². The molecular weight excluding hydrogens is 372 g/mol. The van der Waals surface area contributed by atoms with Crippen molar-refractivity contribution in [3.8, 4) is 0 Å². The third-order valence-corrected chi connectivity index (χ3v) is 5.77. The van der Waals surface area contributed by atoms with Crippen LogP contribution in [0.1, 0.15) is 43.1 Å². The second-order valence-corrected chi connectivity index (χ2v) is 8.14. The summed E-state index contributed by atoms with van der Waals surface area (Å²) in [5.74, 6) is 0.0690. The third-order valence-electron chi connectivity index (χ3n) is 4.82. The number of aromatic amines is 1. The Labute approximate surface area is 168 Å². The second-order valence-electron chi connectivity index (χ2n) is 7.19. The zero-order valence-corrected chi connectivity index (χ0v) is 17.7. The van der Waals surface area contributed by atoms with Gasteiger partial charge in [-0.1, -0.05) is 30.8 Å². The van der Waals surface area contributed by atoms with Gasteiger partial charge in [0.25, 0.3) is 5.56 Å². The average Bonchev–Trinajstić information content (AvgIpc) is 3.03. The molecule has 2 heterocycles. The molecule has 1 amide bonds. The van der Waals surface area contributed by atoms with E-state index in [9.17, 15) is 9.59 Å². The van der Waals surface area contributed by atoms with Gasteiger partial charge in [0.15, 0.2) is 5.16 Å². The first-order valence-electron chi connectivity index (χ1n) is 9.42. The van der Waals surface area contributed by atoms with E-state index < -0.39 is 0 Å². The molecule has 0 aliphatic rings. The minimum absolute atomic E-state index is 0.00224. The third kappa shape index (κ3) is 4.14. The highest BCUT2D eigenvalue weighted by Crippen LogP contribution is 2.23. The van der Waals surface area contributed by atoms with Crippen LogP contribution in [0.4, 0.5) is 5.69 Å². The fourth-order valence-electron chi connectivity index (χ4n) is 3.05. The first kappa shape index (κ1) is 20.2. The Kier molecular flexibility index (Phi) is 5.93. The Morgan fingerprint density at radius 2 is 2.04 bits per heavy atom. The van der Waals surface area contributed by atoms with Crippen molar-refractivity contribution >= 4 is 34.4 Å². The van der Waals surface area contributed by atoms with Crippen molar-refractivity contribution in [2.45, 2.75) is 52.2 Å². The maximum absolute atomic E-state index is 13.0. The van der Waals surface area contributed by atoms with Crippen LogP contribution in [0.25, 0.3) is 11.0 Å². The van der Waals surface area contributed by atoms with E-state index in [-0.39, 0.29) is 23.3 Å². The van der Waals surface area contributed by atoms with Gasteiger partial charge >= 0.3 is 0 Å². The summed E-state index contributed by atoms with van der Waals surface area (Å²) < 4.78 is 1.69. The number of carbonyl (C=O) groups excluding carboxylic acids is 1. The van der Waals surface area contributed by atoms with Crippen molar-refractivity contribution in [2.75, 3.05) is 11.1 Å². The van der Waals surface area contributed by atoms with Gasteiger partial charge in [0.05, 0.1) is 11.3 Å². The normalized spacial score (nSPS) is 12.3. The zero-order chi connectivity index (χ0) is 20.4. The summed E-state index contributed by atoms with van der Waals surface area (Å²) in [6.07, 6.45) is 0.801. The molecule has 0 fully saturated rings. The first-order chi connectivity index (χ1) is 13.3. The van der Waals surface area contributed by atoms with Crippen LogP contribution >= 0.6 is 11.8 Å². The maximum atomic E-state index is 13.0. The van der Waals surface area contributed by atoms with Crippen LogP contribution in [0.2, 0.25) is 0 Å². The smallest absolute Gasteiger partial charge is 0.278 e. The number of rotatable bonds is 6. The molecule has 0 saturated carbocycles. The van der Waals surface area contributed by atoms with E-state index in [0.29, 0.717) is 16.2 Å². The molecule has 148 valence electrons. The van der Waals surface area contributed by atoms with E-state index in [4.69, 9.17) is 0 Å². The molecule has 0 aliphatic heterocycles. The Bertz CT molecular complexity index is 1080. The molecule has 1 aromatic carbocycles. The van der Waals surface area contributed by atoms with Gasteiger partial charge in [0.1, 0.15) is 5.52 Å². The Balaban J connectivity index is 1.86. The van der Waals surface area contributed by atoms with E-state index in [1.165, 1.54) is 11.8 Å². The molecule has 28 heavy (non-hydrogen) atoms. The summed E-state index contributed by atoms with van der Waals surface area (Å²) >= 11 is 1.29. The first-order valence-corrected chi connectivity index (χ1v) is 10.4. The van der Waals surface area contributed by atoms with Crippen molar-refractivity contribution in [3.63, 3.8) is 0 Å². The van der Waals surface area contributed by atoms with Crippen LogP contribution in [-0.2, 0) is 4.79 Å². The zero-order valence-electron chi connectivity index (χ0n) is 16.9. The molecule has 0 bridgehead atoms. The molecule has 0 spiro atoms. The predicted molar refractivity (Wildman–Crippen MR) is 115 cm³/mol. The Hall–Kier alpha value is -2.54. The number of nitrogens with zero attached hydrogens (tertiary/aromatic N) is 2. The van der Waals surface area contributed by atoms with Crippen LogP contribution in [-0.4, -0.2) is 26.2 Å². The molecule has 6 nitrogen and oxygen atoms in total. The molecule has 0 aliphatic carbocycles. The molecule has 3 aromatic rings. The number of aryl methyl sites for hydroxylation is 3. The fraction of sp³-hybridized carbons (Fsp3) is 0.381. The monoisotopic (exact) mass is 398 g/mol. The number of hydrogen-bond acceptors (Lipinski definition) is 4. The van der Waals surface area contributed by atoms with Crippen molar-refractivity contribution in [1.29, 1.82) is 0 Å². The van der Waals surface area contributed by atoms with Gasteiger partial charge < -0.3 is 10.3 Å². The lowest BCUT2D eigenvalue weighted by Gasteiger charge is -2.17. The highest BCUT2D eigenvalue weighted by Gasteiger charge is 2.18. The standard InChI is InChI=1S/C21H26N4O2S/c1-6-15(5)25-20(27)19-17(10-14(4)22-19)24-21(25)28-11-18(26)23-16-9-12(2)7-8-13(16)3/h7-10,15,22H,6,11H2,1-5H3,(H,23,26)/t15-/m1/s1. The van der Waals surface area contributed by atoms with Gasteiger partial charge in [-0.3, -0.25) is 14.2 Å². The number of aromatic nitrogens is 3. The lowest BCUT2D eigenvalue weighted by molar-refractivity contribution is -0.113. The summed E-state index contributed by atoms with van der Waals surface area (Å²) in [5, 5.41) is 3.53. The average molecular weight is 399 g/mol. The van der Waals surface area contributed by atoms with Crippen molar-refractivity contribution in [2.24, 2.45) is 0 Å². The largest absolute Gasteiger partial charge is 0.353 e.